The van der Waals surface area contributed by atoms with E-state index in [4.69, 9.17) is 11.6 Å². The number of halogens is 1. The Balaban J connectivity index is 1.74. The van der Waals surface area contributed by atoms with Crippen LogP contribution in [0.5, 0.6) is 0 Å². The summed E-state index contributed by atoms with van der Waals surface area (Å²) >= 11 is 6.11. The molecule has 0 spiro atoms. The van der Waals surface area contributed by atoms with Crippen LogP contribution in [0.2, 0.25) is 5.02 Å². The van der Waals surface area contributed by atoms with Gasteiger partial charge in [-0.1, -0.05) is 53.6 Å². The van der Waals surface area contributed by atoms with Crippen molar-refractivity contribution in [2.45, 2.75) is 31.7 Å². The maximum absolute atomic E-state index is 12.9. The van der Waals surface area contributed by atoms with Gasteiger partial charge in [-0.3, -0.25) is 14.6 Å². The summed E-state index contributed by atoms with van der Waals surface area (Å²) in [5.41, 5.74) is 2.61. The van der Waals surface area contributed by atoms with Crippen LogP contribution in [0.3, 0.4) is 0 Å². The molecule has 0 fully saturated rings. The highest BCUT2D eigenvalue weighted by molar-refractivity contribution is 6.43. The molecule has 0 aliphatic carbocycles. The van der Waals surface area contributed by atoms with Gasteiger partial charge in [-0.05, 0) is 36.6 Å². The van der Waals surface area contributed by atoms with Crippen LogP contribution in [0.4, 0.5) is 0 Å². The minimum absolute atomic E-state index is 0.105. The summed E-state index contributed by atoms with van der Waals surface area (Å²) in [5, 5.41) is 25.5. The van der Waals surface area contributed by atoms with Crippen LogP contribution in [-0.2, 0) is 11.2 Å². The van der Waals surface area contributed by atoms with Gasteiger partial charge in [-0.2, -0.15) is 0 Å². The Morgan fingerprint density at radius 3 is 2.55 bits per heavy atom. The van der Waals surface area contributed by atoms with Crippen molar-refractivity contribution >= 4 is 30.5 Å². The summed E-state index contributed by atoms with van der Waals surface area (Å²) in [6.45, 7) is 1.93. The fraction of sp³-hybridized carbons (Fsp3) is 0.217. The molecule has 0 aliphatic rings. The smallest absolute Gasteiger partial charge is 0.426 e. The molecule has 0 radical (unpaired) electrons. The summed E-state index contributed by atoms with van der Waals surface area (Å²) in [6.07, 6.45) is 4.26. The minimum atomic E-state index is -1.76. The van der Waals surface area contributed by atoms with E-state index in [2.05, 4.69) is 20.6 Å². The van der Waals surface area contributed by atoms with Crippen molar-refractivity contribution in [1.29, 1.82) is 0 Å². The molecule has 33 heavy (non-hydrogen) atoms. The first-order chi connectivity index (χ1) is 15.8. The largest absolute Gasteiger partial charge is 0.475 e. The lowest BCUT2D eigenvalue weighted by Gasteiger charge is -2.22. The van der Waals surface area contributed by atoms with E-state index in [0.29, 0.717) is 10.6 Å². The molecule has 0 saturated carbocycles. The Bertz CT molecular complexity index is 1100. The lowest BCUT2D eigenvalue weighted by Crippen LogP contribution is -2.48. The Morgan fingerprint density at radius 1 is 1.09 bits per heavy atom. The molecule has 2 aromatic carbocycles. The van der Waals surface area contributed by atoms with Crippen molar-refractivity contribution in [3.8, 4) is 0 Å². The van der Waals surface area contributed by atoms with Crippen LogP contribution < -0.4 is 10.6 Å². The van der Waals surface area contributed by atoms with E-state index in [1.807, 2.05) is 31.2 Å². The average molecular weight is 467 g/mol. The zero-order valence-corrected chi connectivity index (χ0v) is 18.7. The van der Waals surface area contributed by atoms with Gasteiger partial charge in [0.2, 0.25) is 5.91 Å². The highest BCUT2D eigenvalue weighted by atomic mass is 35.5. The van der Waals surface area contributed by atoms with Crippen LogP contribution in [-0.4, -0.2) is 44.9 Å². The zero-order valence-electron chi connectivity index (χ0n) is 18.0. The first-order valence-electron chi connectivity index (χ1n) is 10.3. The van der Waals surface area contributed by atoms with E-state index in [1.165, 1.54) is 18.6 Å². The first-order valence-corrected chi connectivity index (χ1v) is 10.7. The molecule has 2 atom stereocenters. The number of amides is 2. The van der Waals surface area contributed by atoms with Crippen LogP contribution in [0.15, 0.2) is 67.1 Å². The van der Waals surface area contributed by atoms with Gasteiger partial charge in [0.25, 0.3) is 5.91 Å². The predicted molar refractivity (Wildman–Crippen MR) is 125 cm³/mol. The topological polar surface area (TPSA) is 124 Å². The number of carbonyl (C=O) groups is 2. The van der Waals surface area contributed by atoms with E-state index in [-0.39, 0.29) is 18.5 Å². The number of hydrogen-bond donors (Lipinski definition) is 4. The minimum Gasteiger partial charge on any atom is -0.426 e. The molecule has 3 aromatic rings. The number of benzene rings is 2. The zero-order chi connectivity index (χ0) is 23.8. The Morgan fingerprint density at radius 2 is 1.88 bits per heavy atom. The van der Waals surface area contributed by atoms with Crippen LogP contribution in [0.1, 0.15) is 39.6 Å². The summed E-state index contributed by atoms with van der Waals surface area (Å²) in [6, 6.07) is 13.6. The van der Waals surface area contributed by atoms with Crippen molar-refractivity contribution < 1.29 is 19.6 Å². The fourth-order valence-electron chi connectivity index (χ4n) is 3.40. The highest BCUT2D eigenvalue weighted by Gasteiger charge is 2.28. The SMILES string of the molecule is Cc1cccc(CC(NC(=O)CC(NC(=O)c2cnccn2)c2cccc(Cl)c2)B(O)O)c1. The summed E-state index contributed by atoms with van der Waals surface area (Å²) < 4.78 is 0. The molecular weight excluding hydrogens is 443 g/mol. The van der Waals surface area contributed by atoms with Crippen molar-refractivity contribution in [2.75, 3.05) is 0 Å². The molecule has 8 nitrogen and oxygen atoms in total. The molecule has 10 heteroatoms. The van der Waals surface area contributed by atoms with Crippen molar-refractivity contribution in [2.24, 2.45) is 0 Å². The lowest BCUT2D eigenvalue weighted by molar-refractivity contribution is -0.122. The number of aromatic nitrogens is 2. The van der Waals surface area contributed by atoms with Gasteiger partial charge in [-0.15, -0.1) is 0 Å². The second-order valence-electron chi connectivity index (χ2n) is 7.66. The van der Waals surface area contributed by atoms with E-state index in [1.54, 1.807) is 24.3 Å². The highest BCUT2D eigenvalue weighted by Crippen LogP contribution is 2.21. The fourth-order valence-corrected chi connectivity index (χ4v) is 3.60. The van der Waals surface area contributed by atoms with Gasteiger partial charge >= 0.3 is 7.12 Å². The molecular formula is C23H24BClN4O4. The molecule has 0 bridgehead atoms. The van der Waals surface area contributed by atoms with Gasteiger partial charge in [0.1, 0.15) is 5.69 Å². The monoisotopic (exact) mass is 466 g/mol. The summed E-state index contributed by atoms with van der Waals surface area (Å²) in [5.74, 6) is -1.89. The number of rotatable bonds is 9. The standard InChI is InChI=1S/C23H24BClN4O4/c1-15-4-2-5-16(10-15)11-21(24(32)33)29-22(30)13-19(17-6-3-7-18(25)12-17)28-23(31)20-14-26-8-9-27-20/h2-10,12,14,19,21,32-33H,11,13H2,1H3,(H,28,31)(H,29,30). The van der Waals surface area contributed by atoms with Crippen LogP contribution in [0, 0.1) is 6.92 Å². The Labute approximate surface area is 197 Å². The molecule has 170 valence electrons. The predicted octanol–water partition coefficient (Wildman–Crippen LogP) is 2.04. The quantitative estimate of drug-likeness (QED) is 0.358. The molecule has 2 unspecified atom stereocenters. The third-order valence-corrected chi connectivity index (χ3v) is 5.22. The van der Waals surface area contributed by atoms with Crippen LogP contribution in [0.25, 0.3) is 0 Å². The average Bonchev–Trinajstić information content (AvgIpc) is 2.78. The Kier molecular flexibility index (Phi) is 8.54. The second kappa shape index (κ2) is 11.6. The van der Waals surface area contributed by atoms with Gasteiger partial charge < -0.3 is 20.7 Å². The molecule has 1 heterocycles. The maximum atomic E-state index is 12.9. The van der Waals surface area contributed by atoms with Crippen molar-refractivity contribution in [1.82, 2.24) is 20.6 Å². The maximum Gasteiger partial charge on any atom is 0.475 e. The molecule has 4 N–H and O–H groups in total. The Hall–Kier alpha value is -3.27. The number of aryl methyl sites for hydroxylation is 1. The van der Waals surface area contributed by atoms with Crippen LogP contribution >= 0.6 is 11.6 Å². The molecule has 2 amide bonds. The second-order valence-corrected chi connectivity index (χ2v) is 8.09. The number of nitrogens with one attached hydrogen (secondary N) is 2. The molecule has 3 rings (SSSR count). The molecule has 1 aromatic heterocycles. The third-order valence-electron chi connectivity index (χ3n) is 4.99. The van der Waals surface area contributed by atoms with E-state index >= 15 is 0 Å². The van der Waals surface area contributed by atoms with Crippen molar-refractivity contribution in [3.05, 3.63) is 94.5 Å². The first kappa shape index (κ1) is 24.4. The number of hydrogen-bond acceptors (Lipinski definition) is 6. The van der Waals surface area contributed by atoms with Crippen molar-refractivity contribution in [3.63, 3.8) is 0 Å². The van der Waals surface area contributed by atoms with Gasteiger partial charge in [0, 0.05) is 17.4 Å². The van der Waals surface area contributed by atoms with Gasteiger partial charge in [0.05, 0.1) is 24.6 Å². The summed E-state index contributed by atoms with van der Waals surface area (Å²) in [4.78, 5) is 33.4. The van der Waals surface area contributed by atoms with E-state index in [9.17, 15) is 19.6 Å². The molecule has 0 aliphatic heterocycles. The van der Waals surface area contributed by atoms with E-state index < -0.39 is 30.9 Å². The van der Waals surface area contributed by atoms with Gasteiger partial charge in [-0.25, -0.2) is 4.98 Å². The number of nitrogens with zero attached hydrogens (tertiary/aromatic N) is 2. The normalized spacial score (nSPS) is 12.5. The number of carbonyl (C=O) groups excluding carboxylic acids is 2. The lowest BCUT2D eigenvalue weighted by atomic mass is 9.75. The van der Waals surface area contributed by atoms with E-state index in [0.717, 1.165) is 11.1 Å². The van der Waals surface area contributed by atoms with Gasteiger partial charge in [0.15, 0.2) is 0 Å². The summed E-state index contributed by atoms with van der Waals surface area (Å²) in [7, 11) is -1.76. The third kappa shape index (κ3) is 7.39. The molecule has 0 saturated heterocycles.